The third-order valence-corrected chi connectivity index (χ3v) is 2.95. The highest BCUT2D eigenvalue weighted by Gasteiger charge is 2.05. The molecule has 1 aromatic carbocycles. The van der Waals surface area contributed by atoms with Gasteiger partial charge in [0.25, 0.3) is 0 Å². The average Bonchev–Trinajstić information content (AvgIpc) is 2.28. The number of ether oxygens (including phenoxy) is 1. The standard InChI is InChI=1S/C14H23NO/c1-5-14(10-16-4)15-9-13-8-11(2)6-7-12(13)3/h6-8,14-15H,5,9-10H2,1-4H3. The Bertz CT molecular complexity index is 323. The van der Waals surface area contributed by atoms with Gasteiger partial charge in [-0.1, -0.05) is 30.7 Å². The smallest absolute Gasteiger partial charge is 0.0615 e. The third kappa shape index (κ3) is 3.95. The molecule has 0 aliphatic heterocycles. The van der Waals surface area contributed by atoms with Gasteiger partial charge in [0.2, 0.25) is 0 Å². The van der Waals surface area contributed by atoms with E-state index in [4.69, 9.17) is 4.74 Å². The van der Waals surface area contributed by atoms with E-state index in [0.29, 0.717) is 6.04 Å². The lowest BCUT2D eigenvalue weighted by atomic mass is 10.1. The second-order valence-electron chi connectivity index (χ2n) is 4.37. The molecule has 0 amide bonds. The monoisotopic (exact) mass is 221 g/mol. The molecule has 1 N–H and O–H groups in total. The van der Waals surface area contributed by atoms with Crippen molar-refractivity contribution in [2.24, 2.45) is 0 Å². The van der Waals surface area contributed by atoms with Crippen LogP contribution >= 0.6 is 0 Å². The zero-order valence-corrected chi connectivity index (χ0v) is 10.8. The number of methoxy groups -OCH3 is 1. The van der Waals surface area contributed by atoms with E-state index in [1.165, 1.54) is 16.7 Å². The molecule has 0 aromatic heterocycles. The summed E-state index contributed by atoms with van der Waals surface area (Å²) in [7, 11) is 1.75. The molecule has 1 rings (SSSR count). The summed E-state index contributed by atoms with van der Waals surface area (Å²) in [4.78, 5) is 0. The van der Waals surface area contributed by atoms with Crippen molar-refractivity contribution in [2.75, 3.05) is 13.7 Å². The highest BCUT2D eigenvalue weighted by atomic mass is 16.5. The average molecular weight is 221 g/mol. The highest BCUT2D eigenvalue weighted by Crippen LogP contribution is 2.10. The first-order valence-corrected chi connectivity index (χ1v) is 5.95. The van der Waals surface area contributed by atoms with E-state index in [2.05, 4.69) is 44.3 Å². The van der Waals surface area contributed by atoms with Gasteiger partial charge >= 0.3 is 0 Å². The quantitative estimate of drug-likeness (QED) is 0.797. The summed E-state index contributed by atoms with van der Waals surface area (Å²) in [5, 5.41) is 3.53. The van der Waals surface area contributed by atoms with Crippen molar-refractivity contribution < 1.29 is 4.74 Å². The summed E-state index contributed by atoms with van der Waals surface area (Å²) in [6, 6.07) is 7.04. The number of nitrogens with one attached hydrogen (secondary N) is 1. The van der Waals surface area contributed by atoms with E-state index in [0.717, 1.165) is 19.6 Å². The first kappa shape index (κ1) is 13.2. The molecule has 0 radical (unpaired) electrons. The number of aryl methyl sites for hydroxylation is 2. The number of benzene rings is 1. The SMILES string of the molecule is CCC(COC)NCc1cc(C)ccc1C. The summed E-state index contributed by atoms with van der Waals surface area (Å²) in [5.41, 5.74) is 4.06. The Labute approximate surface area is 99.0 Å². The predicted molar refractivity (Wildman–Crippen MR) is 68.7 cm³/mol. The van der Waals surface area contributed by atoms with Crippen LogP contribution in [0.1, 0.15) is 30.0 Å². The first-order valence-electron chi connectivity index (χ1n) is 5.95. The number of hydrogen-bond acceptors (Lipinski definition) is 2. The van der Waals surface area contributed by atoms with Crippen LogP contribution in [-0.2, 0) is 11.3 Å². The van der Waals surface area contributed by atoms with Crippen molar-refractivity contribution >= 4 is 0 Å². The van der Waals surface area contributed by atoms with E-state index >= 15 is 0 Å². The molecule has 90 valence electrons. The van der Waals surface area contributed by atoms with Gasteiger partial charge in [-0.15, -0.1) is 0 Å². The second kappa shape index (κ2) is 6.66. The van der Waals surface area contributed by atoms with Gasteiger partial charge in [0.15, 0.2) is 0 Å². The van der Waals surface area contributed by atoms with Gasteiger partial charge in [-0.05, 0) is 31.4 Å². The van der Waals surface area contributed by atoms with E-state index in [9.17, 15) is 0 Å². The summed E-state index contributed by atoms with van der Waals surface area (Å²) < 4.78 is 5.17. The molecule has 0 saturated carbocycles. The van der Waals surface area contributed by atoms with Crippen LogP contribution in [-0.4, -0.2) is 19.8 Å². The molecule has 0 heterocycles. The van der Waals surface area contributed by atoms with Crippen LogP contribution in [0.25, 0.3) is 0 Å². The maximum Gasteiger partial charge on any atom is 0.0615 e. The van der Waals surface area contributed by atoms with Gasteiger partial charge < -0.3 is 10.1 Å². The zero-order chi connectivity index (χ0) is 12.0. The fourth-order valence-electron chi connectivity index (χ4n) is 1.77. The summed E-state index contributed by atoms with van der Waals surface area (Å²) >= 11 is 0. The van der Waals surface area contributed by atoms with Crippen LogP contribution in [0, 0.1) is 13.8 Å². The summed E-state index contributed by atoms with van der Waals surface area (Å²) in [6.45, 7) is 8.18. The molecule has 0 spiro atoms. The largest absolute Gasteiger partial charge is 0.383 e. The number of hydrogen-bond donors (Lipinski definition) is 1. The normalized spacial score (nSPS) is 12.8. The molecule has 0 saturated heterocycles. The third-order valence-electron chi connectivity index (χ3n) is 2.95. The molecular formula is C14H23NO. The highest BCUT2D eigenvalue weighted by molar-refractivity contribution is 5.30. The van der Waals surface area contributed by atoms with Gasteiger partial charge in [0.05, 0.1) is 6.61 Å². The van der Waals surface area contributed by atoms with Crippen molar-refractivity contribution in [3.63, 3.8) is 0 Å². The number of rotatable bonds is 6. The Balaban J connectivity index is 2.55. The molecule has 2 heteroatoms. The van der Waals surface area contributed by atoms with E-state index in [-0.39, 0.29) is 0 Å². The summed E-state index contributed by atoms with van der Waals surface area (Å²) in [6.07, 6.45) is 1.10. The maximum absolute atomic E-state index is 5.17. The van der Waals surface area contributed by atoms with Crippen LogP contribution in [0.2, 0.25) is 0 Å². The molecule has 1 aromatic rings. The topological polar surface area (TPSA) is 21.3 Å². The lowest BCUT2D eigenvalue weighted by molar-refractivity contribution is 0.164. The van der Waals surface area contributed by atoms with Crippen LogP contribution < -0.4 is 5.32 Å². The van der Waals surface area contributed by atoms with Crippen molar-refractivity contribution in [1.82, 2.24) is 5.32 Å². The lowest BCUT2D eigenvalue weighted by Gasteiger charge is -2.17. The Kier molecular flexibility index (Phi) is 5.50. The van der Waals surface area contributed by atoms with Crippen LogP contribution in [0.15, 0.2) is 18.2 Å². The second-order valence-corrected chi connectivity index (χ2v) is 4.37. The van der Waals surface area contributed by atoms with Crippen molar-refractivity contribution in [3.05, 3.63) is 34.9 Å². The van der Waals surface area contributed by atoms with Crippen molar-refractivity contribution in [1.29, 1.82) is 0 Å². The Hall–Kier alpha value is -0.860. The van der Waals surface area contributed by atoms with Crippen molar-refractivity contribution in [2.45, 2.75) is 39.8 Å². The van der Waals surface area contributed by atoms with Crippen molar-refractivity contribution in [3.8, 4) is 0 Å². The Morgan fingerprint density at radius 3 is 2.69 bits per heavy atom. The molecule has 0 aliphatic carbocycles. The minimum atomic E-state index is 0.449. The van der Waals surface area contributed by atoms with Gasteiger partial charge in [-0.2, -0.15) is 0 Å². The molecule has 0 bridgehead atoms. The van der Waals surface area contributed by atoms with E-state index in [1.54, 1.807) is 7.11 Å². The fraction of sp³-hybridized carbons (Fsp3) is 0.571. The molecule has 2 nitrogen and oxygen atoms in total. The Morgan fingerprint density at radius 2 is 2.06 bits per heavy atom. The van der Waals surface area contributed by atoms with Gasteiger partial charge in [0, 0.05) is 19.7 Å². The van der Waals surface area contributed by atoms with Crippen LogP contribution in [0.4, 0.5) is 0 Å². The lowest BCUT2D eigenvalue weighted by Crippen LogP contribution is -2.32. The molecule has 16 heavy (non-hydrogen) atoms. The van der Waals surface area contributed by atoms with Gasteiger partial charge in [0.1, 0.15) is 0 Å². The minimum absolute atomic E-state index is 0.449. The summed E-state index contributed by atoms with van der Waals surface area (Å²) in [5.74, 6) is 0. The van der Waals surface area contributed by atoms with Gasteiger partial charge in [-0.3, -0.25) is 0 Å². The Morgan fingerprint density at radius 1 is 1.31 bits per heavy atom. The molecule has 1 unspecified atom stereocenters. The minimum Gasteiger partial charge on any atom is -0.383 e. The maximum atomic E-state index is 5.17. The van der Waals surface area contributed by atoms with Gasteiger partial charge in [-0.25, -0.2) is 0 Å². The zero-order valence-electron chi connectivity index (χ0n) is 10.8. The fourth-order valence-corrected chi connectivity index (χ4v) is 1.77. The van der Waals surface area contributed by atoms with E-state index in [1.807, 2.05) is 0 Å². The molecule has 0 fully saturated rings. The van der Waals surface area contributed by atoms with Crippen LogP contribution in [0.5, 0.6) is 0 Å². The predicted octanol–water partition coefficient (Wildman–Crippen LogP) is 2.82. The molecule has 1 atom stereocenters. The van der Waals surface area contributed by atoms with Crippen LogP contribution in [0.3, 0.4) is 0 Å². The molecular weight excluding hydrogens is 198 g/mol. The first-order chi connectivity index (χ1) is 7.67. The molecule has 0 aliphatic rings. The van der Waals surface area contributed by atoms with E-state index < -0.39 is 0 Å².